The summed E-state index contributed by atoms with van der Waals surface area (Å²) in [5.74, 6) is 0.860. The highest BCUT2D eigenvalue weighted by Crippen LogP contribution is 2.20. The van der Waals surface area contributed by atoms with Gasteiger partial charge < -0.3 is 9.47 Å². The van der Waals surface area contributed by atoms with Crippen LogP contribution in [0.4, 0.5) is 4.39 Å². The van der Waals surface area contributed by atoms with E-state index in [0.29, 0.717) is 12.5 Å². The first-order valence-corrected chi connectivity index (χ1v) is 7.00. The second-order valence-electron chi connectivity index (χ2n) is 5.44. The number of hydrogen-bond donors (Lipinski definition) is 0. The fourth-order valence-corrected chi connectivity index (χ4v) is 2.74. The molecule has 110 valence electrons. The highest BCUT2D eigenvalue weighted by Gasteiger charge is 2.23. The Morgan fingerprint density at radius 2 is 2.33 bits per heavy atom. The Morgan fingerprint density at radius 3 is 3.10 bits per heavy atom. The summed E-state index contributed by atoms with van der Waals surface area (Å²) < 4.78 is 15.0. The number of imidazole rings is 1. The summed E-state index contributed by atoms with van der Waals surface area (Å²) in [6.45, 7) is 1.60. The predicted octanol–water partition coefficient (Wildman–Crippen LogP) is 1.75. The average molecular weight is 288 g/mol. The Bertz CT molecular complexity index is 637. The lowest BCUT2D eigenvalue weighted by atomic mass is 9.97. The molecule has 1 aliphatic rings. The standard InChI is InChI=1S/C15H17FN4O/c1-19(15(21)13-3-2-12(16)9-18-13)10-11-4-6-20-7-5-17-14(20)8-11/h2-3,5,7,9,11H,4,6,8,10H2,1H3/t11-/m0/s1. The minimum atomic E-state index is -0.437. The normalized spacial score (nSPS) is 17.3. The lowest BCUT2D eigenvalue weighted by molar-refractivity contribution is 0.0758. The van der Waals surface area contributed by atoms with Crippen LogP contribution in [-0.4, -0.2) is 38.9 Å². The molecule has 3 heterocycles. The second kappa shape index (κ2) is 5.63. The number of nitrogens with zero attached hydrogens (tertiary/aromatic N) is 4. The van der Waals surface area contributed by atoms with Crippen molar-refractivity contribution >= 4 is 5.91 Å². The van der Waals surface area contributed by atoms with Gasteiger partial charge in [-0.15, -0.1) is 0 Å². The quantitative estimate of drug-likeness (QED) is 0.864. The van der Waals surface area contributed by atoms with Crippen molar-refractivity contribution in [2.45, 2.75) is 19.4 Å². The number of aryl methyl sites for hydroxylation is 1. The van der Waals surface area contributed by atoms with Gasteiger partial charge in [0.1, 0.15) is 17.3 Å². The molecule has 0 radical (unpaired) electrons. The van der Waals surface area contributed by atoms with Crippen LogP contribution in [-0.2, 0) is 13.0 Å². The van der Waals surface area contributed by atoms with Gasteiger partial charge in [-0.2, -0.15) is 0 Å². The first-order valence-electron chi connectivity index (χ1n) is 7.00. The number of fused-ring (bicyclic) bond motifs is 1. The van der Waals surface area contributed by atoms with E-state index in [9.17, 15) is 9.18 Å². The van der Waals surface area contributed by atoms with Crippen LogP contribution in [0.25, 0.3) is 0 Å². The molecule has 5 nitrogen and oxygen atoms in total. The third kappa shape index (κ3) is 2.94. The third-order valence-electron chi connectivity index (χ3n) is 3.88. The topological polar surface area (TPSA) is 51.0 Å². The molecular weight excluding hydrogens is 271 g/mol. The monoisotopic (exact) mass is 288 g/mol. The maximum absolute atomic E-state index is 12.8. The average Bonchev–Trinajstić information content (AvgIpc) is 2.95. The molecule has 1 atom stereocenters. The molecule has 0 saturated heterocycles. The van der Waals surface area contributed by atoms with Crippen LogP contribution >= 0.6 is 0 Å². The summed E-state index contributed by atoms with van der Waals surface area (Å²) >= 11 is 0. The van der Waals surface area contributed by atoms with Gasteiger partial charge in [0.2, 0.25) is 0 Å². The van der Waals surface area contributed by atoms with Gasteiger partial charge in [-0.25, -0.2) is 14.4 Å². The Kier molecular flexibility index (Phi) is 3.68. The summed E-state index contributed by atoms with van der Waals surface area (Å²) in [4.78, 5) is 22.1. The summed E-state index contributed by atoms with van der Waals surface area (Å²) in [6.07, 6.45) is 6.77. The third-order valence-corrected chi connectivity index (χ3v) is 3.88. The summed E-state index contributed by atoms with van der Waals surface area (Å²) in [7, 11) is 1.76. The maximum Gasteiger partial charge on any atom is 0.272 e. The first-order chi connectivity index (χ1) is 10.1. The van der Waals surface area contributed by atoms with Crippen molar-refractivity contribution in [2.75, 3.05) is 13.6 Å². The highest BCUT2D eigenvalue weighted by atomic mass is 19.1. The summed E-state index contributed by atoms with van der Waals surface area (Å²) in [6, 6.07) is 2.67. The Balaban J connectivity index is 1.63. The van der Waals surface area contributed by atoms with Crippen molar-refractivity contribution in [1.82, 2.24) is 19.4 Å². The minimum absolute atomic E-state index is 0.177. The van der Waals surface area contributed by atoms with Crippen LogP contribution in [0.3, 0.4) is 0 Å². The second-order valence-corrected chi connectivity index (χ2v) is 5.44. The van der Waals surface area contributed by atoms with E-state index in [0.717, 1.165) is 31.4 Å². The fraction of sp³-hybridized carbons (Fsp3) is 0.400. The van der Waals surface area contributed by atoms with E-state index >= 15 is 0 Å². The SMILES string of the molecule is CN(C[C@H]1CCn2ccnc2C1)C(=O)c1ccc(F)cn1. The lowest BCUT2D eigenvalue weighted by Gasteiger charge is -2.27. The van der Waals surface area contributed by atoms with E-state index in [4.69, 9.17) is 0 Å². The van der Waals surface area contributed by atoms with Gasteiger partial charge in [0.25, 0.3) is 5.91 Å². The number of rotatable bonds is 3. The molecule has 2 aromatic rings. The maximum atomic E-state index is 12.8. The van der Waals surface area contributed by atoms with E-state index in [-0.39, 0.29) is 11.6 Å². The van der Waals surface area contributed by atoms with E-state index in [2.05, 4.69) is 14.5 Å². The molecule has 0 spiro atoms. The van der Waals surface area contributed by atoms with Gasteiger partial charge in [-0.1, -0.05) is 0 Å². The number of halogens is 1. The zero-order valence-corrected chi connectivity index (χ0v) is 11.9. The molecule has 2 aromatic heterocycles. The molecule has 0 aliphatic carbocycles. The molecule has 3 rings (SSSR count). The van der Waals surface area contributed by atoms with Crippen molar-refractivity contribution in [1.29, 1.82) is 0 Å². The fourth-order valence-electron chi connectivity index (χ4n) is 2.74. The molecule has 0 saturated carbocycles. The van der Waals surface area contributed by atoms with Gasteiger partial charge in [0.05, 0.1) is 6.20 Å². The summed E-state index contributed by atoms with van der Waals surface area (Å²) in [5, 5.41) is 0. The van der Waals surface area contributed by atoms with Crippen molar-refractivity contribution in [3.05, 3.63) is 48.1 Å². The molecule has 0 fully saturated rings. The zero-order chi connectivity index (χ0) is 14.8. The molecule has 21 heavy (non-hydrogen) atoms. The number of carbonyl (C=O) groups excluding carboxylic acids is 1. The number of pyridine rings is 1. The minimum Gasteiger partial charge on any atom is -0.340 e. The van der Waals surface area contributed by atoms with Gasteiger partial charge in [-0.3, -0.25) is 4.79 Å². The molecule has 0 aromatic carbocycles. The van der Waals surface area contributed by atoms with Crippen molar-refractivity contribution in [2.24, 2.45) is 5.92 Å². The van der Waals surface area contributed by atoms with Crippen LogP contribution in [0.5, 0.6) is 0 Å². The van der Waals surface area contributed by atoms with Gasteiger partial charge in [-0.05, 0) is 24.5 Å². The van der Waals surface area contributed by atoms with Crippen LogP contribution < -0.4 is 0 Å². The molecule has 0 N–H and O–H groups in total. The van der Waals surface area contributed by atoms with E-state index < -0.39 is 5.82 Å². The van der Waals surface area contributed by atoms with Crippen LogP contribution in [0.1, 0.15) is 22.7 Å². The number of amides is 1. The number of hydrogen-bond acceptors (Lipinski definition) is 3. The van der Waals surface area contributed by atoms with E-state index in [1.165, 1.54) is 12.1 Å². The zero-order valence-electron chi connectivity index (χ0n) is 11.9. The summed E-state index contributed by atoms with van der Waals surface area (Å²) in [5.41, 5.74) is 0.274. The first kappa shape index (κ1) is 13.7. The Hall–Kier alpha value is -2.24. The van der Waals surface area contributed by atoms with Crippen molar-refractivity contribution in [3.8, 4) is 0 Å². The number of aromatic nitrogens is 3. The molecule has 0 bridgehead atoms. The Labute approximate surface area is 122 Å². The van der Waals surface area contributed by atoms with Crippen LogP contribution in [0.15, 0.2) is 30.7 Å². The molecule has 1 amide bonds. The lowest BCUT2D eigenvalue weighted by Crippen LogP contribution is -2.35. The highest BCUT2D eigenvalue weighted by molar-refractivity contribution is 5.92. The van der Waals surface area contributed by atoms with Crippen molar-refractivity contribution < 1.29 is 9.18 Å². The predicted molar refractivity (Wildman–Crippen MR) is 75.2 cm³/mol. The van der Waals surface area contributed by atoms with Crippen LogP contribution in [0.2, 0.25) is 0 Å². The molecule has 6 heteroatoms. The van der Waals surface area contributed by atoms with Gasteiger partial charge in [0, 0.05) is 39.0 Å². The molecular formula is C15H17FN4O. The van der Waals surface area contributed by atoms with E-state index in [1.807, 2.05) is 12.4 Å². The largest absolute Gasteiger partial charge is 0.340 e. The number of carbonyl (C=O) groups is 1. The molecule has 1 aliphatic heterocycles. The van der Waals surface area contributed by atoms with Crippen LogP contribution in [0, 0.1) is 11.7 Å². The van der Waals surface area contributed by atoms with E-state index in [1.54, 1.807) is 11.9 Å². The van der Waals surface area contributed by atoms with Gasteiger partial charge in [0.15, 0.2) is 0 Å². The van der Waals surface area contributed by atoms with Gasteiger partial charge >= 0.3 is 0 Å². The Morgan fingerprint density at radius 1 is 1.48 bits per heavy atom. The smallest absolute Gasteiger partial charge is 0.272 e. The molecule has 0 unspecified atom stereocenters. The van der Waals surface area contributed by atoms with Crippen molar-refractivity contribution in [3.63, 3.8) is 0 Å².